The molecule has 0 fully saturated rings. The van der Waals surface area contributed by atoms with E-state index in [4.69, 9.17) is 0 Å². The van der Waals surface area contributed by atoms with Crippen LogP contribution in [0.5, 0.6) is 0 Å². The van der Waals surface area contributed by atoms with E-state index in [0.717, 1.165) is 0 Å². The van der Waals surface area contributed by atoms with Gasteiger partial charge in [-0.15, -0.1) is 0 Å². The van der Waals surface area contributed by atoms with Gasteiger partial charge in [0, 0.05) is 88.8 Å². The average molecular weight is 1750 g/mol. The Morgan fingerprint density at radius 3 is 0.746 bits per heavy atom. The summed E-state index contributed by atoms with van der Waals surface area (Å²) in [5.74, 6) is 0. The summed E-state index contributed by atoms with van der Waals surface area (Å²) in [6, 6.07) is 129. The lowest BCUT2D eigenvalue weighted by atomic mass is 9.82. The van der Waals surface area contributed by atoms with Crippen molar-refractivity contribution >= 4 is 45.5 Å². The second-order valence-corrected chi connectivity index (χ2v) is 43.9. The van der Waals surface area contributed by atoms with Crippen molar-refractivity contribution in [3.05, 3.63) is 430 Å². The minimum absolute atomic E-state index is 0.00486. The van der Waals surface area contributed by atoms with E-state index < -0.39 is 0 Å². The molecule has 0 aliphatic heterocycles. The van der Waals surface area contributed by atoms with Crippen molar-refractivity contribution in [2.75, 3.05) is 19.6 Å². The second kappa shape index (κ2) is 35.3. The van der Waals surface area contributed by atoms with Gasteiger partial charge in [0.2, 0.25) is 0 Å². The number of hydrogen-bond acceptors (Lipinski definition) is 4. The summed E-state index contributed by atoms with van der Waals surface area (Å²) in [6.45, 7) is 60.2. The van der Waals surface area contributed by atoms with E-state index in [0.29, 0.717) is 0 Å². The number of nitrogens with zero attached hydrogens (tertiary/aromatic N) is 4. The third-order valence-electron chi connectivity index (χ3n) is 28.8. The Bertz CT molecular complexity index is 7070. The van der Waals surface area contributed by atoms with E-state index in [2.05, 4.69) is 551 Å². The van der Waals surface area contributed by atoms with Crippen LogP contribution in [0, 0.1) is 41.5 Å². The first kappa shape index (κ1) is 92.6. The smallest absolute Gasteiger partial charge is 0.0528 e. The maximum absolute atomic E-state index is 2.58. The van der Waals surface area contributed by atoms with Gasteiger partial charge >= 0.3 is 0 Å². The van der Waals surface area contributed by atoms with Crippen LogP contribution >= 0.6 is 0 Å². The van der Waals surface area contributed by atoms with Crippen molar-refractivity contribution in [1.29, 1.82) is 0 Å². The Balaban J connectivity index is 0.000000124. The van der Waals surface area contributed by atoms with Crippen LogP contribution in [0.15, 0.2) is 352 Å². The number of anilines is 8. The lowest BCUT2D eigenvalue weighted by molar-refractivity contribution is 0.558. The van der Waals surface area contributed by atoms with Gasteiger partial charge in [-0.1, -0.05) is 365 Å². The van der Waals surface area contributed by atoms with E-state index in [1.807, 2.05) is 0 Å². The summed E-state index contributed by atoms with van der Waals surface area (Å²) in [7, 11) is 0. The molecule has 20 rings (SSSR count). The zero-order chi connectivity index (χ0) is 95.3. The zero-order valence-electron chi connectivity index (χ0n) is 84.3. The summed E-state index contributed by atoms with van der Waals surface area (Å²) in [5, 5.41) is 0. The summed E-state index contributed by atoms with van der Waals surface area (Å²) in [6.07, 6.45) is 0. The molecule has 0 bridgehead atoms. The molecule has 0 spiro atoms. The van der Waals surface area contributed by atoms with Gasteiger partial charge in [-0.25, -0.2) is 0 Å². The minimum atomic E-state index is -0.109. The summed E-state index contributed by atoms with van der Waals surface area (Å²) < 4.78 is 0. The van der Waals surface area contributed by atoms with Gasteiger partial charge < -0.3 is 19.6 Å². The Kier molecular flexibility index (Phi) is 24.4. The molecule has 16 aromatic rings. The van der Waals surface area contributed by atoms with Gasteiger partial charge in [0.25, 0.3) is 0 Å². The fraction of sp³-hybridized carbons (Fsp3) is 0.262. The van der Waals surface area contributed by atoms with E-state index >= 15 is 0 Å². The van der Waals surface area contributed by atoms with Crippen LogP contribution in [0.2, 0.25) is 0 Å². The van der Waals surface area contributed by atoms with Crippen molar-refractivity contribution in [3.63, 3.8) is 0 Å². The number of aryl methyl sites for hydroxylation is 6. The molecule has 16 aromatic carbocycles. The summed E-state index contributed by atoms with van der Waals surface area (Å²) in [5.41, 5.74) is 50.0. The predicted molar refractivity (Wildman–Crippen MR) is 580 cm³/mol. The maximum atomic E-state index is 2.58. The van der Waals surface area contributed by atoms with Crippen molar-refractivity contribution in [2.45, 2.75) is 224 Å². The van der Waals surface area contributed by atoms with Gasteiger partial charge in [-0.2, -0.15) is 0 Å². The number of rotatable bonds is 12. The molecule has 676 valence electrons. The van der Waals surface area contributed by atoms with Crippen LogP contribution in [-0.4, -0.2) is 22.2 Å². The third-order valence-corrected chi connectivity index (χ3v) is 28.8. The molecule has 0 aromatic heterocycles. The highest BCUT2D eigenvalue weighted by Crippen LogP contribution is 2.61. The monoisotopic (exact) mass is 1750 g/mol. The van der Waals surface area contributed by atoms with Gasteiger partial charge in [-0.05, 0) is 312 Å². The Morgan fingerprint density at radius 2 is 0.418 bits per heavy atom. The molecule has 0 amide bonds. The SMILES string of the molecule is Cc1cc(-c2ccccc2)ccc1N(c1c(C)ccc2c1-c1ccccc1C2(C)C)C(C)(C)C.Cc1ccc(-c2ccccc2)cc1N(c1c(C)ccc2c1-c1ccccc1C2(C)C)C(C)(C)C.Cc1ccc2c(c1N(c1ccc(-c3ccccc3)cc1)C(C)(C)C)-c1ccccc1C2(C)C.Cc1ccc2c(c1N(c1cccc(-c3ccccc3)c1)C(C)(C)C)-c1ccccc1C2(C)C. The van der Waals surface area contributed by atoms with Gasteiger partial charge in [-0.3, -0.25) is 0 Å². The first-order valence-corrected chi connectivity index (χ1v) is 48.4. The van der Waals surface area contributed by atoms with Crippen molar-refractivity contribution in [2.24, 2.45) is 0 Å². The lowest BCUT2D eigenvalue weighted by Gasteiger charge is -2.41. The molecule has 0 saturated carbocycles. The highest BCUT2D eigenvalue weighted by atomic mass is 15.2. The van der Waals surface area contributed by atoms with Crippen molar-refractivity contribution < 1.29 is 0 Å². The highest BCUT2D eigenvalue weighted by Gasteiger charge is 2.46. The van der Waals surface area contributed by atoms with Crippen LogP contribution in [0.1, 0.15) is 216 Å². The Labute approximate surface area is 802 Å². The summed E-state index contributed by atoms with van der Waals surface area (Å²) >= 11 is 0. The molecular formula is C130H136N4. The second-order valence-electron chi connectivity index (χ2n) is 43.9. The molecule has 0 N–H and O–H groups in total. The molecule has 0 radical (unpaired) electrons. The van der Waals surface area contributed by atoms with Crippen LogP contribution in [-0.2, 0) is 21.7 Å². The van der Waals surface area contributed by atoms with Crippen molar-refractivity contribution in [1.82, 2.24) is 0 Å². The molecule has 4 nitrogen and oxygen atoms in total. The van der Waals surface area contributed by atoms with Gasteiger partial charge in [0.1, 0.15) is 0 Å². The minimum Gasteiger partial charge on any atom is -0.335 e. The van der Waals surface area contributed by atoms with E-state index in [1.165, 1.54) is 212 Å². The molecular weight excluding hydrogens is 1620 g/mol. The molecule has 0 heterocycles. The largest absolute Gasteiger partial charge is 0.335 e. The van der Waals surface area contributed by atoms with Gasteiger partial charge in [0.05, 0.1) is 22.7 Å². The first-order chi connectivity index (χ1) is 63.6. The molecule has 4 aliphatic rings. The zero-order valence-corrected chi connectivity index (χ0v) is 84.3. The van der Waals surface area contributed by atoms with E-state index in [1.54, 1.807) is 0 Å². The van der Waals surface area contributed by atoms with E-state index in [-0.39, 0.29) is 43.8 Å². The first-order valence-electron chi connectivity index (χ1n) is 48.4. The molecule has 0 unspecified atom stereocenters. The van der Waals surface area contributed by atoms with Crippen LogP contribution in [0.4, 0.5) is 45.5 Å². The predicted octanol–water partition coefficient (Wildman–Crippen LogP) is 36.2. The topological polar surface area (TPSA) is 13.0 Å². The molecule has 0 atom stereocenters. The molecule has 4 heteroatoms. The Hall–Kier alpha value is -13.3. The fourth-order valence-electron chi connectivity index (χ4n) is 22.3. The van der Waals surface area contributed by atoms with Crippen LogP contribution in [0.25, 0.3) is 89.0 Å². The average Bonchev–Trinajstić information content (AvgIpc) is 1.57. The maximum Gasteiger partial charge on any atom is 0.0528 e. The third kappa shape index (κ3) is 16.8. The lowest BCUT2D eigenvalue weighted by Crippen LogP contribution is -2.39. The van der Waals surface area contributed by atoms with Crippen LogP contribution < -0.4 is 19.6 Å². The quantitative estimate of drug-likeness (QED) is 0.121. The number of hydrogen-bond donors (Lipinski definition) is 0. The normalized spacial score (nSPS) is 14.0. The van der Waals surface area contributed by atoms with E-state index in [9.17, 15) is 0 Å². The Morgan fingerprint density at radius 1 is 0.172 bits per heavy atom. The number of fused-ring (bicyclic) bond motifs is 12. The number of benzene rings is 16. The fourth-order valence-corrected chi connectivity index (χ4v) is 22.3. The standard InChI is InChI=1S/2C33H35N.2C32H33N/c1-22-17-19-28-30(26-15-11-12-16-27(26)33(28,6)7)31(22)34(32(3,4)5)29-20-18-25(21-23(29)2)24-13-9-8-10-14-24;1-22-17-19-25(24-13-9-8-10-14-24)21-29(22)34(32(3,4)5)31-23(2)18-20-28-30(31)26-15-11-12-16-27(26)33(28,6)7;1-22-19-20-28-29(26-17-10-11-18-27(26)32(28,5)6)30(22)33(31(2,3)4)25-16-12-15-24(21-25)23-13-8-7-9-14-23;1-22-16-21-28-29(26-14-10-11-15-27(26)32(28,5)6)30(22)33(31(2,3)4)25-19-17-24(18-20-25)23-12-8-7-9-13-23/h2*8-21H,1-7H3;2*7-21H,1-6H3. The van der Waals surface area contributed by atoms with Crippen LogP contribution in [0.3, 0.4) is 0 Å². The van der Waals surface area contributed by atoms with Crippen molar-refractivity contribution in [3.8, 4) is 89.0 Å². The highest BCUT2D eigenvalue weighted by molar-refractivity contribution is 5.99. The molecule has 4 aliphatic carbocycles. The summed E-state index contributed by atoms with van der Waals surface area (Å²) in [4.78, 5) is 10.2. The van der Waals surface area contributed by atoms with Gasteiger partial charge in [0.15, 0.2) is 0 Å². The molecule has 0 saturated heterocycles. The molecule has 134 heavy (non-hydrogen) atoms.